The first-order chi connectivity index (χ1) is 14.0. The largest absolute Gasteiger partial charge is 0.496 e. The number of halogens is 1. The zero-order valence-electron chi connectivity index (χ0n) is 16.5. The number of methoxy groups -OCH3 is 1. The van der Waals surface area contributed by atoms with Gasteiger partial charge in [-0.2, -0.15) is 0 Å². The number of hydrogen-bond donors (Lipinski definition) is 2. The van der Waals surface area contributed by atoms with E-state index in [1.165, 1.54) is 12.1 Å². The second-order valence-corrected chi connectivity index (χ2v) is 7.64. The van der Waals surface area contributed by atoms with E-state index in [0.717, 1.165) is 17.0 Å². The number of ether oxygens (including phenoxy) is 1. The van der Waals surface area contributed by atoms with Crippen LogP contribution in [0.3, 0.4) is 0 Å². The maximum absolute atomic E-state index is 13.7. The number of amides is 1. The lowest BCUT2D eigenvalue weighted by Gasteiger charge is -2.28. The van der Waals surface area contributed by atoms with Crippen molar-refractivity contribution in [1.82, 2.24) is 9.55 Å². The molecule has 0 bridgehead atoms. The maximum Gasteiger partial charge on any atom is 0.326 e. The summed E-state index contributed by atoms with van der Waals surface area (Å²) in [6.45, 7) is 1.93. The van der Waals surface area contributed by atoms with Crippen molar-refractivity contribution in [3.05, 3.63) is 58.3 Å². The lowest BCUT2D eigenvalue weighted by atomic mass is 9.85. The topological polar surface area (TPSA) is 76.1 Å². The number of nitrogens with zero attached hydrogens (tertiary/aromatic N) is 1. The Morgan fingerprint density at radius 2 is 1.93 bits per heavy atom. The summed E-state index contributed by atoms with van der Waals surface area (Å²) >= 11 is 0. The highest BCUT2D eigenvalue weighted by molar-refractivity contribution is 5.92. The van der Waals surface area contributed by atoms with Crippen LogP contribution in [0.15, 0.2) is 41.2 Å². The number of H-pyrrole nitrogens is 1. The second kappa shape index (κ2) is 7.73. The molecule has 1 amide bonds. The van der Waals surface area contributed by atoms with Crippen LogP contribution >= 0.6 is 0 Å². The molecule has 1 saturated carbocycles. The normalized spacial score (nSPS) is 19.3. The molecule has 0 unspecified atom stereocenters. The Morgan fingerprint density at radius 3 is 2.62 bits per heavy atom. The van der Waals surface area contributed by atoms with Crippen LogP contribution < -0.4 is 15.7 Å². The molecule has 0 spiro atoms. The van der Waals surface area contributed by atoms with Crippen LogP contribution in [-0.2, 0) is 4.79 Å². The number of aromatic amines is 1. The molecule has 0 aliphatic heterocycles. The number of rotatable bonds is 4. The third kappa shape index (κ3) is 3.77. The maximum atomic E-state index is 13.7. The number of imidazole rings is 1. The third-order valence-corrected chi connectivity index (χ3v) is 5.77. The molecule has 1 aromatic heterocycles. The Kier molecular flexibility index (Phi) is 5.13. The van der Waals surface area contributed by atoms with E-state index in [4.69, 9.17) is 4.74 Å². The summed E-state index contributed by atoms with van der Waals surface area (Å²) in [7, 11) is 1.62. The number of aryl methyl sites for hydroxylation is 1. The number of anilines is 1. The monoisotopic (exact) mass is 397 g/mol. The van der Waals surface area contributed by atoms with Gasteiger partial charge in [-0.15, -0.1) is 0 Å². The van der Waals surface area contributed by atoms with Crippen LogP contribution in [0.1, 0.15) is 37.3 Å². The number of hydrogen-bond acceptors (Lipinski definition) is 3. The number of carbonyl (C=O) groups excluding carboxylic acids is 1. The fourth-order valence-electron chi connectivity index (χ4n) is 4.25. The van der Waals surface area contributed by atoms with E-state index >= 15 is 0 Å². The fourth-order valence-corrected chi connectivity index (χ4v) is 4.25. The summed E-state index contributed by atoms with van der Waals surface area (Å²) in [4.78, 5) is 27.9. The van der Waals surface area contributed by atoms with Gasteiger partial charge >= 0.3 is 5.69 Å². The molecular weight excluding hydrogens is 373 g/mol. The van der Waals surface area contributed by atoms with Gasteiger partial charge < -0.3 is 15.0 Å². The predicted octanol–water partition coefficient (Wildman–Crippen LogP) is 4.16. The molecule has 0 saturated heterocycles. The third-order valence-electron chi connectivity index (χ3n) is 5.77. The second-order valence-electron chi connectivity index (χ2n) is 7.64. The predicted molar refractivity (Wildman–Crippen MR) is 110 cm³/mol. The van der Waals surface area contributed by atoms with Crippen LogP contribution in [0.5, 0.6) is 5.75 Å². The molecule has 2 aromatic carbocycles. The van der Waals surface area contributed by atoms with Gasteiger partial charge in [-0.05, 0) is 74.6 Å². The van der Waals surface area contributed by atoms with Gasteiger partial charge in [-0.1, -0.05) is 0 Å². The van der Waals surface area contributed by atoms with Crippen molar-refractivity contribution < 1.29 is 13.9 Å². The summed E-state index contributed by atoms with van der Waals surface area (Å²) in [5.41, 5.74) is 2.69. The molecule has 2 N–H and O–H groups in total. The molecule has 152 valence electrons. The zero-order valence-corrected chi connectivity index (χ0v) is 16.5. The Hall–Kier alpha value is -3.09. The van der Waals surface area contributed by atoms with Gasteiger partial charge in [0.1, 0.15) is 11.6 Å². The minimum Gasteiger partial charge on any atom is -0.496 e. The van der Waals surface area contributed by atoms with Crippen molar-refractivity contribution >= 4 is 22.6 Å². The highest BCUT2D eigenvalue weighted by Gasteiger charge is 2.29. The van der Waals surface area contributed by atoms with E-state index in [1.807, 2.05) is 25.1 Å². The first kappa shape index (κ1) is 19.2. The summed E-state index contributed by atoms with van der Waals surface area (Å²) in [5.74, 6) is 0.300. The molecule has 3 aromatic rings. The molecule has 4 rings (SSSR count). The first-order valence-electron chi connectivity index (χ1n) is 9.81. The van der Waals surface area contributed by atoms with Crippen molar-refractivity contribution in [3.8, 4) is 5.75 Å². The van der Waals surface area contributed by atoms with E-state index in [9.17, 15) is 14.0 Å². The average molecular weight is 397 g/mol. The van der Waals surface area contributed by atoms with E-state index in [2.05, 4.69) is 10.3 Å². The van der Waals surface area contributed by atoms with Crippen LogP contribution in [-0.4, -0.2) is 22.6 Å². The van der Waals surface area contributed by atoms with Crippen LogP contribution in [0, 0.1) is 18.7 Å². The number of aromatic nitrogens is 2. The van der Waals surface area contributed by atoms with E-state index in [1.54, 1.807) is 17.7 Å². The standard InChI is InChI=1S/C22H24FN3O3/c1-13-11-16(6-10-20(13)29-2)24-21(27)14-3-7-17(8-4-14)26-19-12-15(23)5-9-18(19)25-22(26)28/h5-6,9-12,14,17H,3-4,7-8H2,1-2H3,(H,24,27)(H,25,28)/t14-,17+. The molecule has 0 atom stereocenters. The highest BCUT2D eigenvalue weighted by Crippen LogP contribution is 2.34. The first-order valence-corrected chi connectivity index (χ1v) is 9.81. The van der Waals surface area contributed by atoms with E-state index < -0.39 is 0 Å². The Labute approximate surface area is 167 Å². The summed E-state index contributed by atoms with van der Waals surface area (Å²) in [6, 6.07) is 9.83. The van der Waals surface area contributed by atoms with Gasteiger partial charge in [0.15, 0.2) is 0 Å². The van der Waals surface area contributed by atoms with Gasteiger partial charge in [-0.3, -0.25) is 9.36 Å². The molecule has 1 fully saturated rings. The fraction of sp³-hybridized carbons (Fsp3) is 0.364. The Balaban J connectivity index is 1.44. The molecule has 1 aliphatic carbocycles. The van der Waals surface area contributed by atoms with Crippen molar-refractivity contribution in [3.63, 3.8) is 0 Å². The van der Waals surface area contributed by atoms with Gasteiger partial charge in [0, 0.05) is 17.6 Å². The summed E-state index contributed by atoms with van der Waals surface area (Å²) in [5, 5.41) is 2.98. The average Bonchev–Trinajstić information content (AvgIpc) is 3.03. The molecule has 0 radical (unpaired) electrons. The Bertz CT molecular complexity index is 1110. The molecule has 29 heavy (non-hydrogen) atoms. The van der Waals surface area contributed by atoms with Crippen molar-refractivity contribution in [2.75, 3.05) is 12.4 Å². The van der Waals surface area contributed by atoms with Gasteiger partial charge in [0.05, 0.1) is 18.1 Å². The number of benzene rings is 2. The van der Waals surface area contributed by atoms with Crippen LogP contribution in [0.25, 0.3) is 11.0 Å². The van der Waals surface area contributed by atoms with Crippen LogP contribution in [0.4, 0.5) is 10.1 Å². The van der Waals surface area contributed by atoms with E-state index in [0.29, 0.717) is 36.7 Å². The van der Waals surface area contributed by atoms with Gasteiger partial charge in [0.2, 0.25) is 5.91 Å². The summed E-state index contributed by atoms with van der Waals surface area (Å²) < 4.78 is 20.5. The number of fused-ring (bicyclic) bond motifs is 1. The molecule has 7 heteroatoms. The van der Waals surface area contributed by atoms with Gasteiger partial charge in [0.25, 0.3) is 0 Å². The molecule has 1 aliphatic rings. The molecule has 1 heterocycles. The molecular formula is C22H24FN3O3. The van der Waals surface area contributed by atoms with E-state index in [-0.39, 0.29) is 29.4 Å². The van der Waals surface area contributed by atoms with Crippen LogP contribution in [0.2, 0.25) is 0 Å². The number of nitrogens with one attached hydrogen (secondary N) is 2. The summed E-state index contributed by atoms with van der Waals surface area (Å²) in [6.07, 6.45) is 2.76. The van der Waals surface area contributed by atoms with Gasteiger partial charge in [-0.25, -0.2) is 9.18 Å². The zero-order chi connectivity index (χ0) is 20.5. The lowest BCUT2D eigenvalue weighted by Crippen LogP contribution is -2.31. The SMILES string of the molecule is COc1ccc(NC(=O)[C@H]2CC[C@@H](n3c(=O)[nH]c4ccc(F)cc43)CC2)cc1C. The highest BCUT2D eigenvalue weighted by atomic mass is 19.1. The number of carbonyl (C=O) groups is 1. The minimum absolute atomic E-state index is 0.00895. The minimum atomic E-state index is -0.368. The van der Waals surface area contributed by atoms with Crippen molar-refractivity contribution in [2.45, 2.75) is 38.6 Å². The van der Waals surface area contributed by atoms with Crippen molar-refractivity contribution in [2.24, 2.45) is 5.92 Å². The molecule has 6 nitrogen and oxygen atoms in total. The quantitative estimate of drug-likeness (QED) is 0.694. The lowest BCUT2D eigenvalue weighted by molar-refractivity contribution is -0.121. The smallest absolute Gasteiger partial charge is 0.326 e. The Morgan fingerprint density at radius 1 is 1.17 bits per heavy atom. The van der Waals surface area contributed by atoms with Crippen molar-refractivity contribution in [1.29, 1.82) is 0 Å².